The van der Waals surface area contributed by atoms with Crippen LogP contribution in [0.4, 0.5) is 5.69 Å². The highest BCUT2D eigenvalue weighted by molar-refractivity contribution is 6.02. The van der Waals surface area contributed by atoms with Crippen LogP contribution in [0.2, 0.25) is 0 Å². The van der Waals surface area contributed by atoms with Crippen molar-refractivity contribution in [1.82, 2.24) is 4.90 Å². The van der Waals surface area contributed by atoms with Crippen LogP contribution in [0, 0.1) is 5.41 Å². The van der Waals surface area contributed by atoms with Crippen molar-refractivity contribution in [3.8, 4) is 11.5 Å². The Hall–Kier alpha value is -4.06. The minimum Gasteiger partial charge on any atom is -0.454 e. The molecule has 1 N–H and O–H groups in total. The topological polar surface area (TPSA) is 67.9 Å². The van der Waals surface area contributed by atoms with Crippen LogP contribution in [0.25, 0.3) is 0 Å². The van der Waals surface area contributed by atoms with Crippen LogP contribution >= 0.6 is 0 Å². The molecule has 0 spiro atoms. The van der Waals surface area contributed by atoms with E-state index in [1.165, 1.54) is 0 Å². The minimum absolute atomic E-state index is 0.0197. The molecule has 3 aromatic carbocycles. The summed E-state index contributed by atoms with van der Waals surface area (Å²) in [6.07, 6.45) is 1.25. The van der Waals surface area contributed by atoms with Crippen molar-refractivity contribution < 1.29 is 19.1 Å². The molecule has 3 aliphatic rings. The molecular formula is C30H28N2O4. The zero-order valence-electron chi connectivity index (χ0n) is 20.4. The Morgan fingerprint density at radius 1 is 0.972 bits per heavy atom. The van der Waals surface area contributed by atoms with Crippen LogP contribution in [0.15, 0.2) is 84.2 Å². The number of hydrogen-bond acceptors (Lipinski definition) is 5. The lowest BCUT2D eigenvalue weighted by Crippen LogP contribution is -2.42. The second kappa shape index (κ2) is 8.55. The van der Waals surface area contributed by atoms with E-state index in [4.69, 9.17) is 9.47 Å². The predicted octanol–water partition coefficient (Wildman–Crippen LogP) is 5.60. The van der Waals surface area contributed by atoms with Gasteiger partial charge in [-0.2, -0.15) is 0 Å². The van der Waals surface area contributed by atoms with E-state index in [0.29, 0.717) is 30.0 Å². The largest absolute Gasteiger partial charge is 0.454 e. The Morgan fingerprint density at radius 2 is 1.72 bits per heavy atom. The fourth-order valence-corrected chi connectivity index (χ4v) is 5.51. The number of ether oxygens (including phenoxy) is 2. The van der Waals surface area contributed by atoms with Crippen LogP contribution in [0.5, 0.6) is 11.5 Å². The van der Waals surface area contributed by atoms with E-state index in [0.717, 1.165) is 28.1 Å². The van der Waals surface area contributed by atoms with Gasteiger partial charge in [0.2, 0.25) is 12.7 Å². The van der Waals surface area contributed by atoms with Gasteiger partial charge in [-0.3, -0.25) is 14.5 Å². The molecular weight excluding hydrogens is 452 g/mol. The third kappa shape index (κ3) is 3.92. The standard InChI is InChI=1S/C30H28N2O4/c1-30(2)16-23-29(24(33)17-30)32(27(34)14-19-8-4-3-5-9-19)28(21-10-6-7-11-22(21)31-23)20-12-13-25-26(15-20)36-18-35-25/h3-13,15,28,31H,14,16-18H2,1-2H3. The van der Waals surface area contributed by atoms with Gasteiger partial charge in [-0.05, 0) is 41.2 Å². The number of anilines is 1. The van der Waals surface area contributed by atoms with E-state index in [-0.39, 0.29) is 30.3 Å². The van der Waals surface area contributed by atoms with Crippen molar-refractivity contribution >= 4 is 17.4 Å². The van der Waals surface area contributed by atoms with E-state index < -0.39 is 6.04 Å². The van der Waals surface area contributed by atoms with E-state index in [1.54, 1.807) is 4.90 Å². The van der Waals surface area contributed by atoms with E-state index >= 15 is 0 Å². The number of nitrogens with zero attached hydrogens (tertiary/aromatic N) is 1. The number of rotatable bonds is 3. The molecule has 0 radical (unpaired) electrons. The second-order valence-electron chi connectivity index (χ2n) is 10.4. The molecule has 0 saturated carbocycles. The number of fused-ring (bicyclic) bond motifs is 2. The molecule has 3 aromatic rings. The normalized spacial score (nSPS) is 19.8. The van der Waals surface area contributed by atoms with Gasteiger partial charge in [0.1, 0.15) is 5.70 Å². The Kier molecular flexibility index (Phi) is 5.32. The van der Waals surface area contributed by atoms with Gasteiger partial charge in [0.05, 0.1) is 12.5 Å². The van der Waals surface area contributed by atoms with Gasteiger partial charge in [-0.15, -0.1) is 0 Å². The summed E-state index contributed by atoms with van der Waals surface area (Å²) in [7, 11) is 0. The molecule has 6 rings (SSSR count). The summed E-state index contributed by atoms with van der Waals surface area (Å²) in [5.41, 5.74) is 4.66. The second-order valence-corrected chi connectivity index (χ2v) is 10.4. The van der Waals surface area contributed by atoms with Crippen LogP contribution < -0.4 is 14.8 Å². The van der Waals surface area contributed by atoms with E-state index in [9.17, 15) is 9.59 Å². The number of benzene rings is 3. The summed E-state index contributed by atoms with van der Waals surface area (Å²) in [5.74, 6) is 1.18. The third-order valence-electron chi connectivity index (χ3n) is 7.06. The number of para-hydroxylation sites is 1. The van der Waals surface area contributed by atoms with Gasteiger partial charge in [0, 0.05) is 23.4 Å². The summed E-state index contributed by atoms with van der Waals surface area (Å²) >= 11 is 0. The van der Waals surface area contributed by atoms with E-state index in [2.05, 4.69) is 19.2 Å². The molecule has 0 saturated heterocycles. The first-order chi connectivity index (χ1) is 17.4. The third-order valence-corrected chi connectivity index (χ3v) is 7.06. The number of allylic oxidation sites excluding steroid dienone is 2. The first kappa shape index (κ1) is 22.4. The monoisotopic (exact) mass is 480 g/mol. The number of nitrogens with one attached hydrogen (secondary N) is 1. The molecule has 6 nitrogen and oxygen atoms in total. The van der Waals surface area contributed by atoms with Gasteiger partial charge >= 0.3 is 0 Å². The summed E-state index contributed by atoms with van der Waals surface area (Å²) in [6, 6.07) is 22.9. The fourth-order valence-electron chi connectivity index (χ4n) is 5.51. The predicted molar refractivity (Wildman–Crippen MR) is 137 cm³/mol. The summed E-state index contributed by atoms with van der Waals surface area (Å²) in [6.45, 7) is 4.36. The summed E-state index contributed by atoms with van der Waals surface area (Å²) in [5, 5.41) is 3.56. The SMILES string of the molecule is CC1(C)CC(=O)C2=C(C1)Nc1ccccc1C(c1ccc3c(c1)OCO3)N2C(=O)Cc1ccccc1. The van der Waals surface area contributed by atoms with Gasteiger partial charge in [-0.25, -0.2) is 0 Å². The number of Topliss-reactive ketones (excluding diaryl/α,β-unsaturated/α-hetero) is 1. The Balaban J connectivity index is 1.56. The molecule has 1 atom stereocenters. The molecule has 0 fully saturated rings. The van der Waals surface area contributed by atoms with Crippen LogP contribution in [0.3, 0.4) is 0 Å². The summed E-state index contributed by atoms with van der Waals surface area (Å²) < 4.78 is 11.2. The maximum atomic E-state index is 14.2. The van der Waals surface area contributed by atoms with Gasteiger partial charge in [0.15, 0.2) is 17.3 Å². The van der Waals surface area contributed by atoms with Crippen molar-refractivity contribution in [3.63, 3.8) is 0 Å². The highest BCUT2D eigenvalue weighted by Crippen LogP contribution is 2.47. The Bertz CT molecular complexity index is 1390. The quantitative estimate of drug-likeness (QED) is 0.528. The maximum absolute atomic E-state index is 14.2. The average molecular weight is 481 g/mol. The molecule has 0 bridgehead atoms. The molecule has 2 heterocycles. The maximum Gasteiger partial charge on any atom is 0.232 e. The van der Waals surface area contributed by atoms with Gasteiger partial charge in [0.25, 0.3) is 0 Å². The van der Waals surface area contributed by atoms with Gasteiger partial charge < -0.3 is 14.8 Å². The zero-order chi connectivity index (χ0) is 24.9. The number of ketones is 1. The average Bonchev–Trinajstić information content (AvgIpc) is 3.26. The van der Waals surface area contributed by atoms with Crippen molar-refractivity contribution in [2.45, 2.75) is 39.2 Å². The molecule has 182 valence electrons. The first-order valence-corrected chi connectivity index (χ1v) is 12.3. The lowest BCUT2D eigenvalue weighted by molar-refractivity contribution is -0.134. The lowest BCUT2D eigenvalue weighted by Gasteiger charge is -2.38. The van der Waals surface area contributed by atoms with Gasteiger partial charge in [-0.1, -0.05) is 68.4 Å². The summed E-state index contributed by atoms with van der Waals surface area (Å²) in [4.78, 5) is 29.6. The molecule has 1 amide bonds. The van der Waals surface area contributed by atoms with E-state index in [1.807, 2.05) is 72.8 Å². The van der Waals surface area contributed by atoms with Crippen molar-refractivity contribution in [2.24, 2.45) is 5.41 Å². The van der Waals surface area contributed by atoms with Crippen molar-refractivity contribution in [3.05, 3.63) is 101 Å². The highest BCUT2D eigenvalue weighted by Gasteiger charge is 2.43. The number of amides is 1. The van der Waals surface area contributed by atoms with Crippen LogP contribution in [-0.2, 0) is 16.0 Å². The molecule has 2 aliphatic heterocycles. The minimum atomic E-state index is -0.503. The molecule has 0 aromatic heterocycles. The Morgan fingerprint density at radius 3 is 2.56 bits per heavy atom. The smallest absolute Gasteiger partial charge is 0.232 e. The number of hydrogen-bond donors (Lipinski definition) is 1. The van der Waals surface area contributed by atoms with Crippen LogP contribution in [0.1, 0.15) is 49.4 Å². The number of carbonyl (C=O) groups is 2. The first-order valence-electron chi connectivity index (χ1n) is 12.3. The fraction of sp³-hybridized carbons (Fsp3) is 0.267. The van der Waals surface area contributed by atoms with Crippen LogP contribution in [-0.4, -0.2) is 23.4 Å². The number of carbonyl (C=O) groups excluding carboxylic acids is 2. The molecule has 36 heavy (non-hydrogen) atoms. The lowest BCUT2D eigenvalue weighted by atomic mass is 9.77. The molecule has 1 unspecified atom stereocenters. The molecule has 1 aliphatic carbocycles. The zero-order valence-corrected chi connectivity index (χ0v) is 20.4. The highest BCUT2D eigenvalue weighted by atomic mass is 16.7. The Labute approximate surface area is 210 Å². The van der Waals surface area contributed by atoms with Crippen molar-refractivity contribution in [2.75, 3.05) is 12.1 Å². The molecule has 6 heteroatoms. The van der Waals surface area contributed by atoms with Crippen molar-refractivity contribution in [1.29, 1.82) is 0 Å².